The second kappa shape index (κ2) is 9.67. The number of carbonyl (C=O) groups excluding carboxylic acids is 1. The number of furan rings is 1. The third-order valence-electron chi connectivity index (χ3n) is 6.23. The molecule has 8 nitrogen and oxygen atoms in total. The SMILES string of the molecule is O=C(CCc1ccnc(-c2cnc(C(F)(F)F)nc2)c1)C1CCCN1S(=O)(=O)c1cc2ccccc2o1. The van der Waals surface area contributed by atoms with Crippen molar-refractivity contribution in [2.24, 2.45) is 0 Å². The lowest BCUT2D eigenvalue weighted by atomic mass is 10.0. The van der Waals surface area contributed by atoms with Gasteiger partial charge in [0.25, 0.3) is 10.0 Å². The molecule has 1 fully saturated rings. The number of carbonyl (C=O) groups is 1. The molecule has 1 atom stereocenters. The highest BCUT2D eigenvalue weighted by atomic mass is 32.2. The molecule has 1 aromatic carbocycles. The number of ketones is 1. The predicted octanol–water partition coefficient (Wildman–Crippen LogP) is 4.66. The molecular weight excluding hydrogens is 509 g/mol. The number of nitrogens with zero attached hydrogens (tertiary/aromatic N) is 4. The van der Waals surface area contributed by atoms with Crippen LogP contribution in [0.25, 0.3) is 22.2 Å². The standard InChI is InChI=1S/C25H21F3N4O4S/c26-25(27,28)24-30-14-18(15-31-24)19-12-16(9-10-29-19)7-8-21(33)20-5-3-11-32(20)37(34,35)23-13-17-4-1-2-6-22(17)36-23/h1-2,4,6,9-10,12-15,20H,3,5,7-8,11H2. The first-order valence-corrected chi connectivity index (χ1v) is 12.9. The maximum absolute atomic E-state index is 13.3. The summed E-state index contributed by atoms with van der Waals surface area (Å²) in [5, 5.41) is 0.473. The monoisotopic (exact) mass is 530 g/mol. The number of pyridine rings is 1. The molecule has 0 bridgehead atoms. The van der Waals surface area contributed by atoms with Crippen LogP contribution in [0.4, 0.5) is 13.2 Å². The van der Waals surface area contributed by atoms with Crippen molar-refractivity contribution < 1.29 is 30.8 Å². The van der Waals surface area contributed by atoms with Gasteiger partial charge >= 0.3 is 6.18 Å². The highest BCUT2D eigenvalue weighted by Crippen LogP contribution is 2.31. The second-order valence-electron chi connectivity index (χ2n) is 8.69. The van der Waals surface area contributed by atoms with Gasteiger partial charge in [-0.3, -0.25) is 9.78 Å². The van der Waals surface area contributed by atoms with Crippen molar-refractivity contribution in [3.05, 3.63) is 72.4 Å². The van der Waals surface area contributed by atoms with Crippen LogP contribution < -0.4 is 0 Å². The Morgan fingerprint density at radius 1 is 1.08 bits per heavy atom. The van der Waals surface area contributed by atoms with E-state index in [0.29, 0.717) is 41.5 Å². The fraction of sp³-hybridized carbons (Fsp3) is 0.280. The molecule has 1 saturated heterocycles. The van der Waals surface area contributed by atoms with Crippen molar-refractivity contribution in [2.45, 2.75) is 43.0 Å². The Hall–Kier alpha value is -3.64. The third-order valence-corrected chi connectivity index (χ3v) is 7.99. The van der Waals surface area contributed by atoms with Crippen molar-refractivity contribution >= 4 is 26.8 Å². The van der Waals surface area contributed by atoms with Crippen molar-refractivity contribution in [3.8, 4) is 11.3 Å². The van der Waals surface area contributed by atoms with Gasteiger partial charge in [0.1, 0.15) is 5.58 Å². The smallest absolute Gasteiger partial charge is 0.443 e. The van der Waals surface area contributed by atoms with E-state index in [1.54, 1.807) is 36.4 Å². The summed E-state index contributed by atoms with van der Waals surface area (Å²) in [5.74, 6) is -1.45. The highest BCUT2D eigenvalue weighted by Gasteiger charge is 2.40. The quantitative estimate of drug-likeness (QED) is 0.342. The van der Waals surface area contributed by atoms with Gasteiger partial charge in [0.15, 0.2) is 5.78 Å². The highest BCUT2D eigenvalue weighted by molar-refractivity contribution is 7.89. The number of halogens is 3. The Kier molecular flexibility index (Phi) is 6.54. The van der Waals surface area contributed by atoms with Crippen LogP contribution in [0.5, 0.6) is 0 Å². The molecule has 12 heteroatoms. The van der Waals surface area contributed by atoms with Gasteiger partial charge in [-0.1, -0.05) is 18.2 Å². The number of rotatable bonds is 7. The van der Waals surface area contributed by atoms with E-state index >= 15 is 0 Å². The maximum atomic E-state index is 13.3. The van der Waals surface area contributed by atoms with Gasteiger partial charge in [-0.25, -0.2) is 18.4 Å². The minimum Gasteiger partial charge on any atom is -0.443 e. The van der Waals surface area contributed by atoms with Crippen LogP contribution in [-0.4, -0.2) is 46.0 Å². The lowest BCUT2D eigenvalue weighted by molar-refractivity contribution is -0.145. The predicted molar refractivity (Wildman–Crippen MR) is 127 cm³/mol. The van der Waals surface area contributed by atoms with E-state index in [0.717, 1.165) is 18.0 Å². The van der Waals surface area contributed by atoms with Crippen LogP contribution in [0, 0.1) is 0 Å². The molecule has 1 unspecified atom stereocenters. The molecular formula is C25H21F3N4O4S. The number of aryl methyl sites for hydroxylation is 1. The summed E-state index contributed by atoms with van der Waals surface area (Å²) >= 11 is 0. The Labute approximate surface area is 210 Å². The first-order chi connectivity index (χ1) is 17.6. The van der Waals surface area contributed by atoms with Crippen molar-refractivity contribution in [2.75, 3.05) is 6.54 Å². The summed E-state index contributed by atoms with van der Waals surface area (Å²) in [6.45, 7) is 0.225. The van der Waals surface area contributed by atoms with E-state index in [1.165, 1.54) is 16.6 Å². The molecule has 3 aromatic heterocycles. The van der Waals surface area contributed by atoms with Gasteiger partial charge in [-0.2, -0.15) is 17.5 Å². The molecule has 1 aliphatic rings. The van der Waals surface area contributed by atoms with Gasteiger partial charge < -0.3 is 4.42 Å². The number of aromatic nitrogens is 3. The Morgan fingerprint density at radius 3 is 2.57 bits per heavy atom. The molecule has 0 N–H and O–H groups in total. The molecule has 4 heterocycles. The molecule has 0 aliphatic carbocycles. The molecule has 5 rings (SSSR count). The molecule has 192 valence electrons. The summed E-state index contributed by atoms with van der Waals surface area (Å²) in [6.07, 6.45) is 0.320. The zero-order valence-corrected chi connectivity index (χ0v) is 20.2. The number of hydrogen-bond acceptors (Lipinski definition) is 7. The topological polar surface area (TPSA) is 106 Å². The Morgan fingerprint density at radius 2 is 1.84 bits per heavy atom. The van der Waals surface area contributed by atoms with Crippen LogP contribution in [0.3, 0.4) is 0 Å². The number of sulfonamides is 1. The number of fused-ring (bicyclic) bond motifs is 1. The molecule has 1 aliphatic heterocycles. The average Bonchev–Trinajstić information content (AvgIpc) is 3.55. The van der Waals surface area contributed by atoms with E-state index < -0.39 is 28.1 Å². The van der Waals surface area contributed by atoms with Gasteiger partial charge in [0.2, 0.25) is 10.9 Å². The van der Waals surface area contributed by atoms with Gasteiger partial charge in [0, 0.05) is 48.6 Å². The average molecular weight is 531 g/mol. The second-order valence-corrected chi connectivity index (χ2v) is 10.5. The van der Waals surface area contributed by atoms with Crippen molar-refractivity contribution in [1.82, 2.24) is 19.3 Å². The summed E-state index contributed by atoms with van der Waals surface area (Å²) in [7, 11) is -3.99. The van der Waals surface area contributed by atoms with E-state index in [9.17, 15) is 26.4 Å². The van der Waals surface area contributed by atoms with E-state index in [4.69, 9.17) is 4.42 Å². The molecule has 0 saturated carbocycles. The fourth-order valence-electron chi connectivity index (χ4n) is 4.38. The lowest BCUT2D eigenvalue weighted by Crippen LogP contribution is -2.40. The van der Waals surface area contributed by atoms with Crippen molar-refractivity contribution in [1.29, 1.82) is 0 Å². The Bertz CT molecular complexity index is 1520. The zero-order chi connectivity index (χ0) is 26.2. The van der Waals surface area contributed by atoms with Gasteiger partial charge in [-0.05, 0) is 43.0 Å². The van der Waals surface area contributed by atoms with Gasteiger partial charge in [-0.15, -0.1) is 0 Å². The molecule has 37 heavy (non-hydrogen) atoms. The minimum absolute atomic E-state index is 0.0871. The molecule has 4 aromatic rings. The summed E-state index contributed by atoms with van der Waals surface area (Å²) in [5.41, 5.74) is 1.85. The third kappa shape index (κ3) is 5.12. The minimum atomic E-state index is -4.64. The molecule has 0 amide bonds. The molecule has 0 radical (unpaired) electrons. The number of benzene rings is 1. The summed E-state index contributed by atoms with van der Waals surface area (Å²) in [6, 6.07) is 11.0. The van der Waals surface area contributed by atoms with E-state index in [-0.39, 0.29) is 23.8 Å². The number of hydrogen-bond donors (Lipinski definition) is 0. The summed E-state index contributed by atoms with van der Waals surface area (Å²) in [4.78, 5) is 23.9. The van der Waals surface area contributed by atoms with Gasteiger partial charge in [0.05, 0.1) is 11.7 Å². The number of alkyl halides is 3. The van der Waals surface area contributed by atoms with E-state index in [2.05, 4.69) is 15.0 Å². The fourth-order valence-corrected chi connectivity index (χ4v) is 6.01. The Balaban J connectivity index is 1.28. The molecule has 0 spiro atoms. The van der Waals surface area contributed by atoms with Crippen molar-refractivity contribution in [3.63, 3.8) is 0 Å². The summed E-state index contributed by atoms with van der Waals surface area (Å²) < 4.78 is 71.5. The largest absolute Gasteiger partial charge is 0.451 e. The zero-order valence-electron chi connectivity index (χ0n) is 19.4. The first-order valence-electron chi connectivity index (χ1n) is 11.5. The normalized spacial score (nSPS) is 16.9. The first kappa shape index (κ1) is 25.0. The van der Waals surface area contributed by atoms with Crippen LogP contribution >= 0.6 is 0 Å². The van der Waals surface area contributed by atoms with Crippen LogP contribution in [0.15, 0.2) is 70.6 Å². The van der Waals surface area contributed by atoms with Crippen LogP contribution in [0.1, 0.15) is 30.7 Å². The number of Topliss-reactive ketones (excluding diaryl/α,β-unsaturated/α-hetero) is 1. The van der Waals surface area contributed by atoms with Crippen LogP contribution in [0.2, 0.25) is 0 Å². The number of para-hydroxylation sites is 1. The maximum Gasteiger partial charge on any atom is 0.451 e. The van der Waals surface area contributed by atoms with Crippen LogP contribution in [-0.2, 0) is 27.4 Å². The lowest BCUT2D eigenvalue weighted by Gasteiger charge is -2.21. The van der Waals surface area contributed by atoms with E-state index in [1.807, 2.05) is 0 Å².